The van der Waals surface area contributed by atoms with Gasteiger partial charge in [-0.2, -0.15) is 0 Å². The first kappa shape index (κ1) is 20.5. The number of aliphatic imine (C=N–C) groups is 1. The lowest BCUT2D eigenvalue weighted by atomic mass is 9.91. The summed E-state index contributed by atoms with van der Waals surface area (Å²) in [6, 6.07) is 31.0. The Bertz CT molecular complexity index is 919. The Morgan fingerprint density at radius 3 is 2.00 bits per heavy atom. The number of nitrogens with zero attached hydrogens (tertiary/aromatic N) is 2. The second-order valence-electron chi connectivity index (χ2n) is 7.99. The summed E-state index contributed by atoms with van der Waals surface area (Å²) in [6.07, 6.45) is 0.408. The van der Waals surface area contributed by atoms with Crippen molar-refractivity contribution in [2.75, 3.05) is 13.1 Å². The summed E-state index contributed by atoms with van der Waals surface area (Å²) in [6.45, 7) is 4.40. The molecule has 1 aliphatic rings. The molecule has 1 N–H and O–H groups in total. The first-order valence-corrected chi connectivity index (χ1v) is 10.5. The first-order chi connectivity index (χ1) is 14.7. The van der Waals surface area contributed by atoms with E-state index in [1.54, 1.807) is 0 Å². The molecule has 30 heavy (non-hydrogen) atoms. The van der Waals surface area contributed by atoms with Crippen molar-refractivity contribution in [1.29, 1.82) is 0 Å². The monoisotopic (exact) mass is 400 g/mol. The molecule has 0 aliphatic carbocycles. The maximum Gasteiger partial charge on any atom is 0.116 e. The van der Waals surface area contributed by atoms with E-state index in [-0.39, 0.29) is 0 Å². The van der Waals surface area contributed by atoms with Crippen LogP contribution in [0.4, 0.5) is 0 Å². The maximum atomic E-state index is 9.60. The Hall–Kier alpha value is -2.79. The summed E-state index contributed by atoms with van der Waals surface area (Å²) >= 11 is 0. The lowest BCUT2D eigenvalue weighted by molar-refractivity contribution is -0.286. The molecule has 2 atom stereocenters. The van der Waals surface area contributed by atoms with Crippen LogP contribution in [0.1, 0.15) is 30.0 Å². The molecule has 0 spiro atoms. The molecule has 4 nitrogen and oxygen atoms in total. The van der Waals surface area contributed by atoms with E-state index in [9.17, 15) is 5.26 Å². The van der Waals surface area contributed by atoms with E-state index in [1.807, 2.05) is 49.4 Å². The predicted molar refractivity (Wildman–Crippen MR) is 121 cm³/mol. The average Bonchev–Trinajstić information content (AvgIpc) is 3.22. The Balaban J connectivity index is 1.71. The molecule has 1 fully saturated rings. The molecular formula is C26H28N2O2. The van der Waals surface area contributed by atoms with Crippen LogP contribution in [-0.4, -0.2) is 40.6 Å². The molecule has 1 saturated heterocycles. The van der Waals surface area contributed by atoms with Crippen molar-refractivity contribution in [2.45, 2.75) is 31.5 Å². The number of benzene rings is 3. The molecule has 0 amide bonds. The second kappa shape index (κ2) is 9.35. The van der Waals surface area contributed by atoms with Crippen molar-refractivity contribution < 1.29 is 10.1 Å². The van der Waals surface area contributed by atoms with Gasteiger partial charge in [-0.1, -0.05) is 91.0 Å². The molecule has 3 aromatic carbocycles. The van der Waals surface area contributed by atoms with Gasteiger partial charge in [0.25, 0.3) is 0 Å². The van der Waals surface area contributed by atoms with E-state index < -0.39 is 11.6 Å². The van der Waals surface area contributed by atoms with Gasteiger partial charge in [0.15, 0.2) is 0 Å². The fraction of sp³-hybridized carbons (Fsp3) is 0.269. The molecule has 3 aromatic rings. The van der Waals surface area contributed by atoms with Crippen LogP contribution in [0.3, 0.4) is 0 Å². The summed E-state index contributed by atoms with van der Waals surface area (Å²) in [5, 5.41) is 9.60. The van der Waals surface area contributed by atoms with Gasteiger partial charge in [0, 0.05) is 30.8 Å². The van der Waals surface area contributed by atoms with Crippen molar-refractivity contribution in [3.8, 4) is 0 Å². The van der Waals surface area contributed by atoms with Gasteiger partial charge in [0.05, 0.1) is 5.71 Å². The van der Waals surface area contributed by atoms with Crippen LogP contribution >= 0.6 is 0 Å². The van der Waals surface area contributed by atoms with Gasteiger partial charge in [-0.15, -0.1) is 0 Å². The van der Waals surface area contributed by atoms with Crippen molar-refractivity contribution in [1.82, 2.24) is 4.90 Å². The van der Waals surface area contributed by atoms with Crippen LogP contribution in [0.5, 0.6) is 0 Å². The number of hydrogen-bond acceptors (Lipinski definition) is 4. The highest BCUT2D eigenvalue weighted by Gasteiger charge is 2.44. The highest BCUT2D eigenvalue weighted by molar-refractivity contribution is 6.13. The Labute approximate surface area is 178 Å². The molecule has 2 unspecified atom stereocenters. The standard InChI is InChI=1S/C26H28N2O2/c1-21(30-29)26(17-18-28(20-26)19-22-11-5-2-6-12-22)27-25(23-13-7-3-8-14-23)24-15-9-4-10-16-24/h2-16,21,29H,17-20H2,1H3. The third-order valence-corrected chi connectivity index (χ3v) is 5.95. The minimum Gasteiger partial charge on any atom is -0.296 e. The van der Waals surface area contributed by atoms with E-state index >= 15 is 0 Å². The lowest BCUT2D eigenvalue weighted by Crippen LogP contribution is -2.43. The Morgan fingerprint density at radius 2 is 1.47 bits per heavy atom. The minimum absolute atomic E-state index is 0.416. The van der Waals surface area contributed by atoms with Crippen LogP contribution in [0.15, 0.2) is 96.0 Å². The molecular weight excluding hydrogens is 372 g/mol. The van der Waals surface area contributed by atoms with Gasteiger partial charge in [-0.25, -0.2) is 4.89 Å². The zero-order chi connectivity index (χ0) is 20.8. The molecule has 0 radical (unpaired) electrons. The smallest absolute Gasteiger partial charge is 0.116 e. The fourth-order valence-corrected chi connectivity index (χ4v) is 4.20. The van der Waals surface area contributed by atoms with E-state index in [0.717, 1.165) is 42.9 Å². The third-order valence-electron chi connectivity index (χ3n) is 5.95. The van der Waals surface area contributed by atoms with Crippen LogP contribution < -0.4 is 0 Å². The zero-order valence-electron chi connectivity index (χ0n) is 17.3. The van der Waals surface area contributed by atoms with E-state index in [4.69, 9.17) is 9.88 Å². The zero-order valence-corrected chi connectivity index (χ0v) is 17.3. The van der Waals surface area contributed by atoms with E-state index in [1.165, 1.54) is 5.56 Å². The van der Waals surface area contributed by atoms with Crippen LogP contribution in [0.25, 0.3) is 0 Å². The van der Waals surface area contributed by atoms with Gasteiger partial charge in [-0.05, 0) is 18.9 Å². The summed E-state index contributed by atoms with van der Waals surface area (Å²) in [7, 11) is 0. The molecule has 4 heteroatoms. The van der Waals surface area contributed by atoms with Gasteiger partial charge in [-0.3, -0.25) is 15.1 Å². The van der Waals surface area contributed by atoms with Gasteiger partial charge in [0.1, 0.15) is 11.6 Å². The van der Waals surface area contributed by atoms with Crippen LogP contribution in [-0.2, 0) is 11.4 Å². The molecule has 1 aliphatic heterocycles. The molecule has 0 bridgehead atoms. The van der Waals surface area contributed by atoms with E-state index in [0.29, 0.717) is 0 Å². The first-order valence-electron chi connectivity index (χ1n) is 10.5. The second-order valence-corrected chi connectivity index (χ2v) is 7.99. The number of hydrogen-bond donors (Lipinski definition) is 1. The van der Waals surface area contributed by atoms with Crippen molar-refractivity contribution in [3.63, 3.8) is 0 Å². The maximum absolute atomic E-state index is 9.60. The molecule has 0 saturated carbocycles. The largest absolute Gasteiger partial charge is 0.296 e. The van der Waals surface area contributed by atoms with Gasteiger partial charge in [0.2, 0.25) is 0 Å². The number of likely N-dealkylation sites (tertiary alicyclic amines) is 1. The third kappa shape index (κ3) is 4.51. The molecule has 154 valence electrons. The molecule has 4 rings (SSSR count). The van der Waals surface area contributed by atoms with Crippen molar-refractivity contribution >= 4 is 5.71 Å². The quantitative estimate of drug-likeness (QED) is 0.343. The molecule has 1 heterocycles. The Kier molecular flexibility index (Phi) is 6.38. The van der Waals surface area contributed by atoms with Gasteiger partial charge < -0.3 is 0 Å². The molecule has 0 aromatic heterocycles. The number of rotatable bonds is 7. The summed E-state index contributed by atoms with van der Waals surface area (Å²) < 4.78 is 0. The summed E-state index contributed by atoms with van der Waals surface area (Å²) in [5.41, 5.74) is 3.82. The topological polar surface area (TPSA) is 45.1 Å². The highest BCUT2D eigenvalue weighted by atomic mass is 17.1. The Morgan fingerprint density at radius 1 is 0.933 bits per heavy atom. The average molecular weight is 401 g/mol. The van der Waals surface area contributed by atoms with Crippen LogP contribution in [0, 0.1) is 0 Å². The van der Waals surface area contributed by atoms with Crippen LogP contribution in [0.2, 0.25) is 0 Å². The fourth-order valence-electron chi connectivity index (χ4n) is 4.20. The lowest BCUT2D eigenvalue weighted by Gasteiger charge is -2.31. The summed E-state index contributed by atoms with van der Waals surface area (Å²) in [4.78, 5) is 12.6. The predicted octanol–water partition coefficient (Wildman–Crippen LogP) is 5.05. The highest BCUT2D eigenvalue weighted by Crippen LogP contribution is 2.33. The van der Waals surface area contributed by atoms with E-state index in [2.05, 4.69) is 53.4 Å². The SMILES string of the molecule is CC(OO)C1(N=C(c2ccccc2)c2ccccc2)CCN(Cc2ccccc2)C1. The van der Waals surface area contributed by atoms with Crippen molar-refractivity contribution in [2.24, 2.45) is 4.99 Å². The van der Waals surface area contributed by atoms with Crippen molar-refractivity contribution in [3.05, 3.63) is 108 Å². The minimum atomic E-state index is -0.523. The normalized spacial score (nSPS) is 20.1. The van der Waals surface area contributed by atoms with Gasteiger partial charge >= 0.3 is 0 Å². The summed E-state index contributed by atoms with van der Waals surface area (Å²) in [5.74, 6) is 0.